The summed E-state index contributed by atoms with van der Waals surface area (Å²) in [6, 6.07) is 7.27. The van der Waals surface area contributed by atoms with E-state index >= 15 is 0 Å². The number of likely N-dealkylation sites (N-methyl/N-ethyl adjacent to an activating group) is 1. The van der Waals surface area contributed by atoms with Gasteiger partial charge in [0.1, 0.15) is 5.54 Å². The number of amides is 1. The Hall–Kier alpha value is -1.84. The minimum absolute atomic E-state index is 0.264. The molecule has 98 valence electrons. The third kappa shape index (κ3) is 2.53. The number of aliphatic carboxylic acids is 1. The lowest BCUT2D eigenvalue weighted by Gasteiger charge is -2.32. The molecule has 18 heavy (non-hydrogen) atoms. The molecule has 0 heterocycles. The number of carboxylic acid groups (broad SMARTS) is 1. The van der Waals surface area contributed by atoms with Gasteiger partial charge in [0.25, 0.3) is 5.91 Å². The summed E-state index contributed by atoms with van der Waals surface area (Å²) in [6.45, 7) is 5.00. The van der Waals surface area contributed by atoms with Crippen molar-refractivity contribution in [3.63, 3.8) is 0 Å². The molecule has 1 N–H and O–H groups in total. The first-order valence-electron chi connectivity index (χ1n) is 5.91. The maximum atomic E-state index is 12.3. The normalized spacial score (nSPS) is 11.1. The summed E-state index contributed by atoms with van der Waals surface area (Å²) >= 11 is 0. The fourth-order valence-electron chi connectivity index (χ4n) is 1.62. The van der Waals surface area contributed by atoms with Crippen LogP contribution in [0.15, 0.2) is 24.3 Å². The number of carbonyl (C=O) groups excluding carboxylic acids is 1. The SMILES string of the molecule is CCc1ccccc1C(=O)N(C)C(C)(C)C(=O)O. The van der Waals surface area contributed by atoms with Crippen LogP contribution >= 0.6 is 0 Å². The van der Waals surface area contributed by atoms with E-state index in [9.17, 15) is 9.59 Å². The highest BCUT2D eigenvalue weighted by Crippen LogP contribution is 2.18. The van der Waals surface area contributed by atoms with Gasteiger partial charge in [-0.15, -0.1) is 0 Å². The molecule has 1 aromatic rings. The topological polar surface area (TPSA) is 57.6 Å². The van der Waals surface area contributed by atoms with Crippen LogP contribution < -0.4 is 0 Å². The van der Waals surface area contributed by atoms with Crippen molar-refractivity contribution >= 4 is 11.9 Å². The van der Waals surface area contributed by atoms with Crippen LogP contribution in [0.4, 0.5) is 0 Å². The van der Waals surface area contributed by atoms with Gasteiger partial charge in [0.05, 0.1) is 0 Å². The van der Waals surface area contributed by atoms with Crippen LogP contribution in [0.1, 0.15) is 36.7 Å². The number of carbonyl (C=O) groups is 2. The largest absolute Gasteiger partial charge is 0.480 e. The highest BCUT2D eigenvalue weighted by atomic mass is 16.4. The second-order valence-corrected chi connectivity index (χ2v) is 4.74. The standard InChI is InChI=1S/C14H19NO3/c1-5-10-8-6-7-9-11(10)12(16)15(4)14(2,3)13(17)18/h6-9H,5H2,1-4H3,(H,17,18). The van der Waals surface area contributed by atoms with E-state index in [0.717, 1.165) is 12.0 Å². The van der Waals surface area contributed by atoms with Crippen molar-refractivity contribution in [2.24, 2.45) is 0 Å². The summed E-state index contributed by atoms with van der Waals surface area (Å²) in [5.74, 6) is -1.29. The Morgan fingerprint density at radius 2 is 1.83 bits per heavy atom. The summed E-state index contributed by atoms with van der Waals surface area (Å²) in [4.78, 5) is 24.8. The monoisotopic (exact) mass is 249 g/mol. The Kier molecular flexibility index (Phi) is 4.11. The molecule has 4 nitrogen and oxygen atoms in total. The Balaban J connectivity index is 3.11. The molecule has 0 saturated heterocycles. The molecule has 0 atom stereocenters. The first-order valence-corrected chi connectivity index (χ1v) is 5.91. The van der Waals surface area contributed by atoms with E-state index in [1.54, 1.807) is 12.1 Å². The van der Waals surface area contributed by atoms with Crippen LogP contribution in [-0.4, -0.2) is 34.5 Å². The zero-order valence-electron chi connectivity index (χ0n) is 11.2. The predicted molar refractivity (Wildman–Crippen MR) is 69.6 cm³/mol. The molecular weight excluding hydrogens is 230 g/mol. The van der Waals surface area contributed by atoms with Gasteiger partial charge in [0.15, 0.2) is 0 Å². The summed E-state index contributed by atoms with van der Waals surface area (Å²) in [6.07, 6.45) is 0.739. The lowest BCUT2D eigenvalue weighted by Crippen LogP contribution is -2.50. The number of benzene rings is 1. The Morgan fingerprint density at radius 1 is 1.28 bits per heavy atom. The van der Waals surface area contributed by atoms with Crippen LogP contribution in [0, 0.1) is 0 Å². The molecule has 0 saturated carbocycles. The molecule has 0 aliphatic heterocycles. The van der Waals surface area contributed by atoms with Gasteiger partial charge in [-0.2, -0.15) is 0 Å². The minimum atomic E-state index is -1.22. The van der Waals surface area contributed by atoms with E-state index in [2.05, 4.69) is 0 Å². The van der Waals surface area contributed by atoms with Crippen molar-refractivity contribution in [1.29, 1.82) is 0 Å². The van der Waals surface area contributed by atoms with E-state index in [1.165, 1.54) is 25.8 Å². The van der Waals surface area contributed by atoms with Crippen LogP contribution in [-0.2, 0) is 11.2 Å². The van der Waals surface area contributed by atoms with Crippen molar-refractivity contribution in [3.8, 4) is 0 Å². The lowest BCUT2D eigenvalue weighted by atomic mass is 9.99. The fraction of sp³-hybridized carbons (Fsp3) is 0.429. The number of hydrogen-bond acceptors (Lipinski definition) is 2. The van der Waals surface area contributed by atoms with E-state index in [4.69, 9.17) is 5.11 Å². The van der Waals surface area contributed by atoms with Crippen molar-refractivity contribution in [1.82, 2.24) is 4.90 Å². The van der Waals surface area contributed by atoms with Gasteiger partial charge in [0, 0.05) is 12.6 Å². The molecule has 1 amide bonds. The second kappa shape index (κ2) is 5.21. The maximum Gasteiger partial charge on any atom is 0.329 e. The average molecular weight is 249 g/mol. The quantitative estimate of drug-likeness (QED) is 0.889. The third-order valence-electron chi connectivity index (χ3n) is 3.30. The van der Waals surface area contributed by atoms with Gasteiger partial charge in [-0.3, -0.25) is 4.79 Å². The van der Waals surface area contributed by atoms with Crippen LogP contribution in [0.3, 0.4) is 0 Å². The van der Waals surface area contributed by atoms with E-state index in [1.807, 2.05) is 19.1 Å². The van der Waals surface area contributed by atoms with Crippen LogP contribution in [0.2, 0.25) is 0 Å². The highest BCUT2D eigenvalue weighted by molar-refractivity contribution is 5.98. The zero-order chi connectivity index (χ0) is 13.9. The molecule has 0 aliphatic rings. The van der Waals surface area contributed by atoms with E-state index in [-0.39, 0.29) is 5.91 Å². The molecule has 0 unspecified atom stereocenters. The van der Waals surface area contributed by atoms with Crippen molar-refractivity contribution in [2.45, 2.75) is 32.7 Å². The fourth-order valence-corrected chi connectivity index (χ4v) is 1.62. The van der Waals surface area contributed by atoms with Gasteiger partial charge in [-0.1, -0.05) is 25.1 Å². The molecule has 1 rings (SSSR count). The van der Waals surface area contributed by atoms with Crippen molar-refractivity contribution < 1.29 is 14.7 Å². The van der Waals surface area contributed by atoms with Crippen LogP contribution in [0.25, 0.3) is 0 Å². The van der Waals surface area contributed by atoms with Crippen molar-refractivity contribution in [3.05, 3.63) is 35.4 Å². The summed E-state index contributed by atoms with van der Waals surface area (Å²) < 4.78 is 0. The Morgan fingerprint density at radius 3 is 2.33 bits per heavy atom. The number of carboxylic acids is 1. The van der Waals surface area contributed by atoms with Gasteiger partial charge in [0.2, 0.25) is 0 Å². The van der Waals surface area contributed by atoms with E-state index in [0.29, 0.717) is 5.56 Å². The van der Waals surface area contributed by atoms with Gasteiger partial charge in [-0.05, 0) is 31.9 Å². The molecular formula is C14H19NO3. The molecule has 0 aromatic heterocycles. The number of rotatable bonds is 4. The Labute approximate surface area is 107 Å². The molecule has 4 heteroatoms. The first-order chi connectivity index (χ1) is 8.32. The summed E-state index contributed by atoms with van der Waals surface area (Å²) in [5.41, 5.74) is 0.269. The van der Waals surface area contributed by atoms with Gasteiger partial charge < -0.3 is 10.0 Å². The molecule has 1 aromatic carbocycles. The van der Waals surface area contributed by atoms with Crippen molar-refractivity contribution in [2.75, 3.05) is 7.05 Å². The van der Waals surface area contributed by atoms with Gasteiger partial charge >= 0.3 is 5.97 Å². The third-order valence-corrected chi connectivity index (χ3v) is 3.30. The molecule has 0 aliphatic carbocycles. The van der Waals surface area contributed by atoms with E-state index < -0.39 is 11.5 Å². The number of nitrogens with zero attached hydrogens (tertiary/aromatic N) is 1. The summed E-state index contributed by atoms with van der Waals surface area (Å²) in [7, 11) is 1.52. The second-order valence-electron chi connectivity index (χ2n) is 4.74. The molecule has 0 spiro atoms. The number of hydrogen-bond donors (Lipinski definition) is 1. The molecule has 0 bridgehead atoms. The average Bonchev–Trinajstić information content (AvgIpc) is 2.36. The minimum Gasteiger partial charge on any atom is -0.480 e. The molecule has 0 fully saturated rings. The lowest BCUT2D eigenvalue weighted by molar-refractivity contribution is -0.147. The number of aryl methyl sites for hydroxylation is 1. The smallest absolute Gasteiger partial charge is 0.329 e. The first kappa shape index (κ1) is 14.2. The highest BCUT2D eigenvalue weighted by Gasteiger charge is 2.35. The maximum absolute atomic E-state index is 12.3. The van der Waals surface area contributed by atoms with Gasteiger partial charge in [-0.25, -0.2) is 4.79 Å². The Bertz CT molecular complexity index is 466. The van der Waals surface area contributed by atoms with Crippen LogP contribution in [0.5, 0.6) is 0 Å². The predicted octanol–water partition coefficient (Wildman–Crippen LogP) is 2.18. The summed E-state index contributed by atoms with van der Waals surface area (Å²) in [5, 5.41) is 9.14. The molecule has 0 radical (unpaired) electrons. The zero-order valence-corrected chi connectivity index (χ0v) is 11.2.